The van der Waals surface area contributed by atoms with Gasteiger partial charge in [0.05, 0.1) is 0 Å². The van der Waals surface area contributed by atoms with E-state index in [4.69, 9.17) is 0 Å². The summed E-state index contributed by atoms with van der Waals surface area (Å²) in [5, 5.41) is 5.25. The minimum Gasteiger partial charge on any atom is -0.312 e. The first-order chi connectivity index (χ1) is 8.33. The van der Waals surface area contributed by atoms with E-state index in [2.05, 4.69) is 54.5 Å². The molecule has 0 aliphatic carbocycles. The maximum atomic E-state index is 3.70. The van der Waals surface area contributed by atoms with Gasteiger partial charge in [0.1, 0.15) is 0 Å². The van der Waals surface area contributed by atoms with Crippen LogP contribution in [0.3, 0.4) is 0 Å². The van der Waals surface area contributed by atoms with Crippen molar-refractivity contribution < 1.29 is 0 Å². The van der Waals surface area contributed by atoms with E-state index in [1.54, 1.807) is 0 Å². The van der Waals surface area contributed by atoms with Crippen LogP contribution in [0, 0.1) is 11.8 Å². The number of nitrogens with one attached hydrogen (secondary N) is 1. The lowest BCUT2D eigenvalue weighted by Gasteiger charge is -2.35. The summed E-state index contributed by atoms with van der Waals surface area (Å²) in [6, 6.07) is 0.574. The van der Waals surface area contributed by atoms with Crippen molar-refractivity contribution in [1.29, 1.82) is 0 Å². The summed E-state index contributed by atoms with van der Waals surface area (Å²) in [6.07, 6.45) is 3.49. The van der Waals surface area contributed by atoms with Gasteiger partial charge in [0.25, 0.3) is 0 Å². The largest absolute Gasteiger partial charge is 0.312 e. The molecule has 17 heavy (non-hydrogen) atoms. The zero-order valence-corrected chi connectivity index (χ0v) is 12.9. The Morgan fingerprint density at radius 3 is 2.71 bits per heavy atom. The van der Waals surface area contributed by atoms with Crippen molar-refractivity contribution in [3.63, 3.8) is 0 Å². The lowest BCUT2D eigenvalue weighted by atomic mass is 10.1. The van der Waals surface area contributed by atoms with Gasteiger partial charge in [0.15, 0.2) is 0 Å². The third kappa shape index (κ3) is 5.16. The van der Waals surface area contributed by atoms with Crippen LogP contribution in [0.1, 0.15) is 40.0 Å². The molecular weight excluding hydrogens is 246 g/mol. The highest BCUT2D eigenvalue weighted by atomic mass is 32.2. The summed E-state index contributed by atoms with van der Waals surface area (Å²) in [6.45, 7) is 7.61. The summed E-state index contributed by atoms with van der Waals surface area (Å²) in [7, 11) is 0. The molecule has 1 N–H and O–H groups in total. The first-order valence-corrected chi connectivity index (χ1v) is 8.79. The van der Waals surface area contributed by atoms with Crippen molar-refractivity contribution in [3.8, 4) is 11.8 Å². The van der Waals surface area contributed by atoms with Crippen LogP contribution >= 0.6 is 23.5 Å². The standard InChI is InChI=1S/C14H25NS2/c1-4-7-8-12(15-9-5-2)14-13(6-3)16-10-11-17-14/h12-15H,5-6,8-11H2,1-3H3. The number of rotatable bonds is 6. The highest BCUT2D eigenvalue weighted by Gasteiger charge is 2.31. The fourth-order valence-corrected chi connectivity index (χ4v) is 5.42. The van der Waals surface area contributed by atoms with Crippen molar-refractivity contribution in [2.75, 3.05) is 18.1 Å². The van der Waals surface area contributed by atoms with Crippen LogP contribution in [-0.4, -0.2) is 34.6 Å². The van der Waals surface area contributed by atoms with Crippen LogP contribution in [0.2, 0.25) is 0 Å². The van der Waals surface area contributed by atoms with Crippen molar-refractivity contribution in [1.82, 2.24) is 5.32 Å². The number of hydrogen-bond acceptors (Lipinski definition) is 3. The molecule has 1 saturated heterocycles. The monoisotopic (exact) mass is 271 g/mol. The molecule has 1 fully saturated rings. The molecule has 0 aromatic carbocycles. The van der Waals surface area contributed by atoms with Crippen molar-refractivity contribution in [3.05, 3.63) is 0 Å². The molecule has 3 unspecified atom stereocenters. The zero-order chi connectivity index (χ0) is 12.5. The Kier molecular flexibility index (Phi) is 8.26. The van der Waals surface area contributed by atoms with Gasteiger partial charge in [-0.3, -0.25) is 0 Å². The maximum Gasteiger partial charge on any atom is 0.0329 e. The van der Waals surface area contributed by atoms with E-state index in [1.807, 2.05) is 6.92 Å². The zero-order valence-electron chi connectivity index (χ0n) is 11.3. The maximum absolute atomic E-state index is 3.70. The SMILES string of the molecule is CC#CCC(NCCC)C1SCCSC1CC. The van der Waals surface area contributed by atoms with Crippen LogP contribution in [0.25, 0.3) is 0 Å². The average Bonchev–Trinajstić information content (AvgIpc) is 2.39. The van der Waals surface area contributed by atoms with Gasteiger partial charge in [0, 0.05) is 34.5 Å². The van der Waals surface area contributed by atoms with E-state index >= 15 is 0 Å². The molecule has 3 heteroatoms. The van der Waals surface area contributed by atoms with Gasteiger partial charge < -0.3 is 5.32 Å². The summed E-state index contributed by atoms with van der Waals surface area (Å²) >= 11 is 4.31. The molecule has 0 spiro atoms. The third-order valence-electron chi connectivity index (χ3n) is 3.05. The van der Waals surface area contributed by atoms with Crippen molar-refractivity contribution >= 4 is 23.5 Å². The molecule has 0 amide bonds. The average molecular weight is 271 g/mol. The topological polar surface area (TPSA) is 12.0 Å². The van der Waals surface area contributed by atoms with Crippen LogP contribution in [0.4, 0.5) is 0 Å². The van der Waals surface area contributed by atoms with Crippen LogP contribution in [-0.2, 0) is 0 Å². The minimum absolute atomic E-state index is 0.574. The van der Waals surface area contributed by atoms with E-state index in [1.165, 1.54) is 24.3 Å². The van der Waals surface area contributed by atoms with Gasteiger partial charge in [-0.05, 0) is 26.3 Å². The van der Waals surface area contributed by atoms with Gasteiger partial charge >= 0.3 is 0 Å². The first-order valence-electron chi connectivity index (χ1n) is 6.69. The highest BCUT2D eigenvalue weighted by Crippen LogP contribution is 2.35. The molecule has 0 saturated carbocycles. The number of thioether (sulfide) groups is 2. The molecule has 1 heterocycles. The molecular formula is C14H25NS2. The Hall–Kier alpha value is 0.220. The van der Waals surface area contributed by atoms with E-state index in [0.29, 0.717) is 6.04 Å². The van der Waals surface area contributed by atoms with Crippen LogP contribution in [0.15, 0.2) is 0 Å². The quantitative estimate of drug-likeness (QED) is 0.744. The minimum atomic E-state index is 0.574. The lowest BCUT2D eigenvalue weighted by Crippen LogP contribution is -2.45. The van der Waals surface area contributed by atoms with Gasteiger partial charge in [0.2, 0.25) is 0 Å². The van der Waals surface area contributed by atoms with Gasteiger partial charge in [-0.2, -0.15) is 23.5 Å². The summed E-state index contributed by atoms with van der Waals surface area (Å²) in [5.41, 5.74) is 0. The molecule has 0 bridgehead atoms. The third-order valence-corrected chi connectivity index (χ3v) is 6.45. The molecule has 0 aromatic heterocycles. The van der Waals surface area contributed by atoms with Gasteiger partial charge in [-0.1, -0.05) is 13.8 Å². The van der Waals surface area contributed by atoms with E-state index < -0.39 is 0 Å². The smallest absolute Gasteiger partial charge is 0.0329 e. The predicted molar refractivity (Wildman–Crippen MR) is 82.9 cm³/mol. The van der Waals surface area contributed by atoms with E-state index in [-0.39, 0.29) is 0 Å². The molecule has 1 aliphatic heterocycles. The molecule has 0 aromatic rings. The lowest BCUT2D eigenvalue weighted by molar-refractivity contribution is 0.488. The first kappa shape index (κ1) is 15.3. The Balaban J connectivity index is 2.59. The van der Waals surface area contributed by atoms with Gasteiger partial charge in [-0.25, -0.2) is 0 Å². The highest BCUT2D eigenvalue weighted by molar-refractivity contribution is 8.07. The fraction of sp³-hybridized carbons (Fsp3) is 0.857. The summed E-state index contributed by atoms with van der Waals surface area (Å²) in [4.78, 5) is 0. The Labute approximate surface area is 115 Å². The Morgan fingerprint density at radius 2 is 2.06 bits per heavy atom. The fourth-order valence-electron chi connectivity index (χ4n) is 2.16. The Bertz CT molecular complexity index is 257. The van der Waals surface area contributed by atoms with Gasteiger partial charge in [-0.15, -0.1) is 11.8 Å². The molecule has 1 rings (SSSR count). The van der Waals surface area contributed by atoms with E-state index in [9.17, 15) is 0 Å². The normalized spacial score (nSPS) is 26.1. The molecule has 0 radical (unpaired) electrons. The molecule has 1 aliphatic rings. The van der Waals surface area contributed by atoms with Crippen LogP contribution in [0.5, 0.6) is 0 Å². The summed E-state index contributed by atoms with van der Waals surface area (Å²) < 4.78 is 0. The second-order valence-corrected chi connectivity index (χ2v) is 6.98. The molecule has 3 atom stereocenters. The van der Waals surface area contributed by atoms with Crippen molar-refractivity contribution in [2.45, 2.75) is 56.6 Å². The van der Waals surface area contributed by atoms with Crippen LogP contribution < -0.4 is 5.32 Å². The Morgan fingerprint density at radius 1 is 1.29 bits per heavy atom. The predicted octanol–water partition coefficient (Wildman–Crippen LogP) is 3.40. The molecule has 1 nitrogen and oxygen atoms in total. The summed E-state index contributed by atoms with van der Waals surface area (Å²) in [5.74, 6) is 8.92. The second-order valence-electron chi connectivity index (χ2n) is 4.34. The second kappa shape index (κ2) is 9.19. The van der Waals surface area contributed by atoms with Crippen molar-refractivity contribution in [2.24, 2.45) is 0 Å². The molecule has 98 valence electrons. The number of hydrogen-bond donors (Lipinski definition) is 1. The van der Waals surface area contributed by atoms with E-state index in [0.717, 1.165) is 23.5 Å².